The van der Waals surface area contributed by atoms with Crippen LogP contribution >= 0.6 is 11.8 Å². The highest BCUT2D eigenvalue weighted by Gasteiger charge is 2.15. The average Bonchev–Trinajstić information content (AvgIpc) is 2.89. The fraction of sp³-hybridized carbons (Fsp3) is 0.667. The van der Waals surface area contributed by atoms with Crippen molar-refractivity contribution < 1.29 is 19.4 Å². The van der Waals surface area contributed by atoms with Crippen LogP contribution in [-0.4, -0.2) is 57.3 Å². The zero-order chi connectivity index (χ0) is 15.8. The van der Waals surface area contributed by atoms with E-state index < -0.39 is 12.1 Å². The van der Waals surface area contributed by atoms with Gasteiger partial charge in [-0.05, 0) is 13.8 Å². The highest BCUT2D eigenvalue weighted by atomic mass is 32.2. The number of carbonyl (C=O) groups is 2. The third-order valence-electron chi connectivity index (χ3n) is 2.69. The molecule has 0 saturated carbocycles. The summed E-state index contributed by atoms with van der Waals surface area (Å²) in [6.45, 7) is 4.17. The molecule has 1 atom stereocenters. The van der Waals surface area contributed by atoms with Crippen molar-refractivity contribution in [3.8, 4) is 0 Å². The van der Waals surface area contributed by atoms with Crippen LogP contribution in [0.4, 0.5) is 0 Å². The quantitative estimate of drug-likeness (QED) is 0.641. The van der Waals surface area contributed by atoms with Crippen molar-refractivity contribution in [1.82, 2.24) is 20.1 Å². The predicted molar refractivity (Wildman–Crippen MR) is 77.2 cm³/mol. The van der Waals surface area contributed by atoms with Gasteiger partial charge in [-0.15, -0.1) is 10.2 Å². The van der Waals surface area contributed by atoms with Crippen LogP contribution in [0.15, 0.2) is 11.5 Å². The van der Waals surface area contributed by atoms with E-state index >= 15 is 0 Å². The summed E-state index contributed by atoms with van der Waals surface area (Å²) in [5, 5.41) is 19.8. The Bertz CT molecular complexity index is 478. The maximum Gasteiger partial charge on any atom is 0.306 e. The van der Waals surface area contributed by atoms with E-state index in [1.807, 2.05) is 18.4 Å². The summed E-state index contributed by atoms with van der Waals surface area (Å²) in [5.41, 5.74) is 0. The minimum Gasteiger partial charge on any atom is -0.481 e. The molecule has 1 rings (SSSR count). The molecule has 118 valence electrons. The Morgan fingerprint density at radius 2 is 2.24 bits per heavy atom. The molecule has 0 aliphatic rings. The maximum absolute atomic E-state index is 11.7. The lowest BCUT2D eigenvalue weighted by atomic mass is 10.2. The molecule has 9 heteroatoms. The first-order valence-corrected chi connectivity index (χ1v) is 7.46. The summed E-state index contributed by atoms with van der Waals surface area (Å²) in [7, 11) is 1.42. The smallest absolute Gasteiger partial charge is 0.306 e. The Morgan fingerprint density at radius 3 is 2.81 bits per heavy atom. The third-order valence-corrected chi connectivity index (χ3v) is 3.65. The standard InChI is InChI=1S/C12H20N4O4S/c1-8(2)16-7-14-15-12(16)21-6-10(17)13-5-9(20-3)4-11(18)19/h7-9H,4-6H2,1-3H3,(H,13,17)(H,18,19). The normalized spacial score (nSPS) is 12.4. The maximum atomic E-state index is 11.7. The lowest BCUT2D eigenvalue weighted by Gasteiger charge is -2.14. The highest BCUT2D eigenvalue weighted by Crippen LogP contribution is 2.18. The largest absolute Gasteiger partial charge is 0.481 e. The number of ether oxygens (including phenoxy) is 1. The zero-order valence-corrected chi connectivity index (χ0v) is 13.1. The second-order valence-electron chi connectivity index (χ2n) is 4.66. The minimum atomic E-state index is -0.962. The van der Waals surface area contributed by atoms with E-state index in [9.17, 15) is 9.59 Å². The number of carboxylic acid groups (broad SMARTS) is 1. The van der Waals surface area contributed by atoms with Gasteiger partial charge >= 0.3 is 5.97 Å². The number of carboxylic acids is 1. The first-order valence-electron chi connectivity index (χ1n) is 6.47. The molecule has 8 nitrogen and oxygen atoms in total. The van der Waals surface area contributed by atoms with E-state index in [2.05, 4.69) is 15.5 Å². The molecular formula is C12H20N4O4S. The second kappa shape index (κ2) is 8.63. The van der Waals surface area contributed by atoms with Crippen molar-refractivity contribution in [3.63, 3.8) is 0 Å². The summed E-state index contributed by atoms with van der Waals surface area (Å²) in [6, 6.07) is 0.221. The minimum absolute atomic E-state index is 0.147. The van der Waals surface area contributed by atoms with Crippen molar-refractivity contribution in [2.75, 3.05) is 19.4 Å². The number of nitrogens with one attached hydrogen (secondary N) is 1. The topological polar surface area (TPSA) is 106 Å². The van der Waals surface area contributed by atoms with Gasteiger partial charge < -0.3 is 19.7 Å². The molecule has 1 heterocycles. The number of aliphatic carboxylic acids is 1. The van der Waals surface area contributed by atoms with Crippen molar-refractivity contribution in [3.05, 3.63) is 6.33 Å². The van der Waals surface area contributed by atoms with Gasteiger partial charge in [0.05, 0.1) is 18.3 Å². The monoisotopic (exact) mass is 316 g/mol. The fourth-order valence-electron chi connectivity index (χ4n) is 1.53. The molecule has 0 aromatic carbocycles. The van der Waals surface area contributed by atoms with E-state index in [0.29, 0.717) is 5.16 Å². The van der Waals surface area contributed by atoms with Gasteiger partial charge in [0, 0.05) is 19.7 Å². The molecule has 0 bridgehead atoms. The van der Waals surface area contributed by atoms with Crippen LogP contribution in [0.5, 0.6) is 0 Å². The van der Waals surface area contributed by atoms with Crippen LogP contribution in [0, 0.1) is 0 Å². The number of hydrogen-bond donors (Lipinski definition) is 2. The molecule has 0 aliphatic carbocycles. The van der Waals surface area contributed by atoms with E-state index in [-0.39, 0.29) is 30.7 Å². The molecule has 1 amide bonds. The van der Waals surface area contributed by atoms with Crippen LogP contribution in [-0.2, 0) is 14.3 Å². The number of methoxy groups -OCH3 is 1. The molecule has 0 aliphatic heterocycles. The lowest BCUT2D eigenvalue weighted by Crippen LogP contribution is -2.35. The highest BCUT2D eigenvalue weighted by molar-refractivity contribution is 7.99. The molecule has 21 heavy (non-hydrogen) atoms. The second-order valence-corrected chi connectivity index (χ2v) is 5.61. The first kappa shape index (κ1) is 17.4. The predicted octanol–water partition coefficient (Wildman–Crippen LogP) is 0.557. The van der Waals surface area contributed by atoms with Crippen LogP contribution in [0.25, 0.3) is 0 Å². The SMILES string of the molecule is COC(CNC(=O)CSc1nncn1C(C)C)CC(=O)O. The Balaban J connectivity index is 2.37. The first-order chi connectivity index (χ1) is 9.93. The summed E-state index contributed by atoms with van der Waals surface area (Å²) in [4.78, 5) is 22.3. The van der Waals surface area contributed by atoms with Gasteiger partial charge in [0.25, 0.3) is 0 Å². The molecule has 1 aromatic heterocycles. The lowest BCUT2D eigenvalue weighted by molar-refractivity contribution is -0.140. The molecule has 1 aromatic rings. The number of carbonyl (C=O) groups excluding carboxylic acids is 1. The molecule has 2 N–H and O–H groups in total. The average molecular weight is 316 g/mol. The van der Waals surface area contributed by atoms with E-state index in [1.54, 1.807) is 6.33 Å². The van der Waals surface area contributed by atoms with Gasteiger partial charge in [0.2, 0.25) is 5.91 Å². The van der Waals surface area contributed by atoms with Crippen LogP contribution < -0.4 is 5.32 Å². The van der Waals surface area contributed by atoms with E-state index in [1.165, 1.54) is 18.9 Å². The summed E-state index contributed by atoms with van der Waals surface area (Å²) in [6.07, 6.45) is 0.945. The van der Waals surface area contributed by atoms with E-state index in [4.69, 9.17) is 9.84 Å². The molecule has 0 radical (unpaired) electrons. The summed E-state index contributed by atoms with van der Waals surface area (Å²) in [5.74, 6) is -0.976. The molecule has 0 fully saturated rings. The van der Waals surface area contributed by atoms with E-state index in [0.717, 1.165) is 0 Å². The number of nitrogens with zero attached hydrogens (tertiary/aromatic N) is 3. The third kappa shape index (κ3) is 6.13. The molecule has 0 saturated heterocycles. The molecular weight excluding hydrogens is 296 g/mol. The number of hydrogen-bond acceptors (Lipinski definition) is 6. The number of aromatic nitrogens is 3. The summed E-state index contributed by atoms with van der Waals surface area (Å²) >= 11 is 1.28. The summed E-state index contributed by atoms with van der Waals surface area (Å²) < 4.78 is 6.86. The van der Waals surface area contributed by atoms with Crippen LogP contribution in [0.3, 0.4) is 0 Å². The van der Waals surface area contributed by atoms with Crippen LogP contribution in [0.2, 0.25) is 0 Å². The number of amides is 1. The Hall–Kier alpha value is -1.61. The Labute approximate surface area is 127 Å². The molecule has 0 spiro atoms. The van der Waals surface area contributed by atoms with Crippen molar-refractivity contribution in [2.24, 2.45) is 0 Å². The van der Waals surface area contributed by atoms with Gasteiger partial charge in [-0.2, -0.15) is 0 Å². The van der Waals surface area contributed by atoms with Gasteiger partial charge in [-0.1, -0.05) is 11.8 Å². The Kier molecular flexibility index (Phi) is 7.17. The van der Waals surface area contributed by atoms with Gasteiger partial charge in [0.1, 0.15) is 6.33 Å². The van der Waals surface area contributed by atoms with Gasteiger partial charge in [-0.25, -0.2) is 0 Å². The molecule has 1 unspecified atom stereocenters. The van der Waals surface area contributed by atoms with Gasteiger partial charge in [0.15, 0.2) is 5.16 Å². The van der Waals surface area contributed by atoms with Crippen molar-refractivity contribution in [1.29, 1.82) is 0 Å². The fourth-order valence-corrected chi connectivity index (χ4v) is 2.41. The van der Waals surface area contributed by atoms with Crippen LogP contribution in [0.1, 0.15) is 26.3 Å². The number of rotatable bonds is 9. The van der Waals surface area contributed by atoms with Gasteiger partial charge in [-0.3, -0.25) is 9.59 Å². The number of thioether (sulfide) groups is 1. The Morgan fingerprint density at radius 1 is 1.52 bits per heavy atom. The van der Waals surface area contributed by atoms with Crippen molar-refractivity contribution in [2.45, 2.75) is 37.6 Å². The zero-order valence-electron chi connectivity index (χ0n) is 12.3. The van der Waals surface area contributed by atoms with Crippen molar-refractivity contribution >= 4 is 23.6 Å².